The summed E-state index contributed by atoms with van der Waals surface area (Å²) in [6.07, 6.45) is 0. The highest BCUT2D eigenvalue weighted by molar-refractivity contribution is 7.13. The van der Waals surface area contributed by atoms with Crippen molar-refractivity contribution in [2.24, 2.45) is 0 Å². The molecule has 84 valence electrons. The molecular formula is C9H14N2O3S. The summed E-state index contributed by atoms with van der Waals surface area (Å²) in [5.74, 6) is -0.418. The highest BCUT2D eigenvalue weighted by Gasteiger charge is 2.11. The van der Waals surface area contributed by atoms with E-state index >= 15 is 0 Å². The van der Waals surface area contributed by atoms with Crippen molar-refractivity contribution in [3.05, 3.63) is 11.1 Å². The molecule has 1 heterocycles. The first-order valence-corrected chi connectivity index (χ1v) is 5.34. The molecule has 5 nitrogen and oxygen atoms in total. The highest BCUT2D eigenvalue weighted by Crippen LogP contribution is 2.16. The molecule has 1 aromatic rings. The molecule has 1 N–H and O–H groups in total. The molecule has 1 rings (SSSR count). The number of aromatic nitrogens is 1. The zero-order valence-corrected chi connectivity index (χ0v) is 9.76. The second-order valence-corrected chi connectivity index (χ2v) is 3.89. The third-order valence-corrected chi connectivity index (χ3v) is 2.46. The van der Waals surface area contributed by atoms with E-state index in [-0.39, 0.29) is 6.04 Å². The minimum absolute atomic E-state index is 0.159. The van der Waals surface area contributed by atoms with E-state index in [1.165, 1.54) is 18.4 Å². The Morgan fingerprint density at radius 1 is 1.67 bits per heavy atom. The van der Waals surface area contributed by atoms with Gasteiger partial charge in [-0.1, -0.05) is 0 Å². The molecule has 0 saturated carbocycles. The molecule has 15 heavy (non-hydrogen) atoms. The van der Waals surface area contributed by atoms with Gasteiger partial charge in [-0.3, -0.25) is 0 Å². The predicted molar refractivity (Wildman–Crippen MR) is 58.4 cm³/mol. The van der Waals surface area contributed by atoms with Crippen molar-refractivity contribution < 1.29 is 14.3 Å². The Bertz CT molecular complexity index is 327. The van der Waals surface area contributed by atoms with Crippen LogP contribution in [-0.2, 0) is 9.47 Å². The summed E-state index contributed by atoms with van der Waals surface area (Å²) in [6, 6.07) is 0.159. The zero-order chi connectivity index (χ0) is 11.3. The zero-order valence-electron chi connectivity index (χ0n) is 8.94. The Balaban J connectivity index is 2.56. The fourth-order valence-corrected chi connectivity index (χ4v) is 1.83. The number of ether oxygens (including phenoxy) is 2. The van der Waals surface area contributed by atoms with Crippen LogP contribution in [0, 0.1) is 0 Å². The van der Waals surface area contributed by atoms with E-state index in [0.717, 1.165) is 0 Å². The summed E-state index contributed by atoms with van der Waals surface area (Å²) in [6.45, 7) is 2.57. The quantitative estimate of drug-likeness (QED) is 0.774. The van der Waals surface area contributed by atoms with Gasteiger partial charge in [0, 0.05) is 18.5 Å². The van der Waals surface area contributed by atoms with Crippen LogP contribution in [0.3, 0.4) is 0 Å². The molecule has 0 aromatic carbocycles. The van der Waals surface area contributed by atoms with Crippen LogP contribution in [0.25, 0.3) is 0 Å². The van der Waals surface area contributed by atoms with Crippen molar-refractivity contribution in [3.8, 4) is 0 Å². The predicted octanol–water partition coefficient (Wildman–Crippen LogP) is 1.38. The van der Waals surface area contributed by atoms with E-state index in [9.17, 15) is 4.79 Å². The topological polar surface area (TPSA) is 60.5 Å². The Hall–Kier alpha value is -1.14. The van der Waals surface area contributed by atoms with Crippen molar-refractivity contribution in [2.75, 3.05) is 26.1 Å². The van der Waals surface area contributed by atoms with Gasteiger partial charge < -0.3 is 14.8 Å². The van der Waals surface area contributed by atoms with Gasteiger partial charge in [-0.25, -0.2) is 9.78 Å². The molecule has 1 unspecified atom stereocenters. The van der Waals surface area contributed by atoms with E-state index in [4.69, 9.17) is 4.74 Å². The van der Waals surface area contributed by atoms with Crippen LogP contribution in [0.1, 0.15) is 17.4 Å². The van der Waals surface area contributed by atoms with Gasteiger partial charge in [0.25, 0.3) is 0 Å². The summed E-state index contributed by atoms with van der Waals surface area (Å²) >= 11 is 1.37. The van der Waals surface area contributed by atoms with Gasteiger partial charge in [0.2, 0.25) is 0 Å². The first kappa shape index (κ1) is 11.9. The van der Waals surface area contributed by atoms with Gasteiger partial charge in [-0.15, -0.1) is 11.3 Å². The van der Waals surface area contributed by atoms with E-state index in [0.29, 0.717) is 17.4 Å². The molecule has 1 aromatic heterocycles. The van der Waals surface area contributed by atoms with Gasteiger partial charge in [0.15, 0.2) is 10.8 Å². The molecule has 0 aliphatic carbocycles. The van der Waals surface area contributed by atoms with Gasteiger partial charge in [-0.2, -0.15) is 0 Å². The Kier molecular flexibility index (Phi) is 4.51. The van der Waals surface area contributed by atoms with Crippen molar-refractivity contribution in [2.45, 2.75) is 13.0 Å². The fraction of sp³-hybridized carbons (Fsp3) is 0.556. The minimum Gasteiger partial charge on any atom is -0.464 e. The number of anilines is 1. The molecule has 0 saturated heterocycles. The number of thiazole rings is 1. The van der Waals surface area contributed by atoms with E-state index in [2.05, 4.69) is 15.0 Å². The van der Waals surface area contributed by atoms with E-state index in [1.807, 2.05) is 6.92 Å². The number of carbonyl (C=O) groups is 1. The van der Waals surface area contributed by atoms with Gasteiger partial charge >= 0.3 is 5.97 Å². The molecule has 0 amide bonds. The number of nitrogens with one attached hydrogen (secondary N) is 1. The first-order chi connectivity index (χ1) is 7.17. The summed E-state index contributed by atoms with van der Waals surface area (Å²) < 4.78 is 9.53. The van der Waals surface area contributed by atoms with Crippen LogP contribution in [0.4, 0.5) is 5.13 Å². The smallest absolute Gasteiger partial charge is 0.357 e. The van der Waals surface area contributed by atoms with Gasteiger partial charge in [0.1, 0.15) is 0 Å². The van der Waals surface area contributed by atoms with Gasteiger partial charge in [0.05, 0.1) is 13.7 Å². The second kappa shape index (κ2) is 5.67. The van der Waals surface area contributed by atoms with Crippen LogP contribution in [-0.4, -0.2) is 37.8 Å². The molecule has 0 radical (unpaired) electrons. The number of rotatable bonds is 5. The van der Waals surface area contributed by atoms with Crippen LogP contribution >= 0.6 is 11.3 Å². The lowest BCUT2D eigenvalue weighted by Gasteiger charge is -2.10. The van der Waals surface area contributed by atoms with Crippen molar-refractivity contribution >= 4 is 22.4 Å². The normalized spacial score (nSPS) is 12.2. The summed E-state index contributed by atoms with van der Waals surface area (Å²) in [4.78, 5) is 15.2. The third-order valence-electron chi connectivity index (χ3n) is 1.69. The molecule has 0 aliphatic heterocycles. The average molecular weight is 230 g/mol. The molecule has 0 aliphatic rings. The maximum atomic E-state index is 11.1. The summed E-state index contributed by atoms with van der Waals surface area (Å²) in [7, 11) is 2.97. The Morgan fingerprint density at radius 2 is 2.40 bits per heavy atom. The van der Waals surface area contributed by atoms with Crippen LogP contribution in [0.5, 0.6) is 0 Å². The lowest BCUT2D eigenvalue weighted by Crippen LogP contribution is -2.20. The SMILES string of the molecule is COCC(C)Nc1nc(C(=O)OC)cs1. The van der Waals surface area contributed by atoms with Crippen LogP contribution in [0.15, 0.2) is 5.38 Å². The number of esters is 1. The standard InChI is InChI=1S/C9H14N2O3S/c1-6(4-13-2)10-9-11-7(5-15-9)8(12)14-3/h5-6H,4H2,1-3H3,(H,10,11). The van der Waals surface area contributed by atoms with Crippen molar-refractivity contribution in [3.63, 3.8) is 0 Å². The van der Waals surface area contributed by atoms with Crippen molar-refractivity contribution in [1.29, 1.82) is 0 Å². The molecule has 6 heteroatoms. The van der Waals surface area contributed by atoms with Crippen LogP contribution in [0.2, 0.25) is 0 Å². The molecular weight excluding hydrogens is 216 g/mol. The average Bonchev–Trinajstić information content (AvgIpc) is 2.65. The number of nitrogens with zero attached hydrogens (tertiary/aromatic N) is 1. The fourth-order valence-electron chi connectivity index (χ4n) is 1.04. The van der Waals surface area contributed by atoms with Crippen LogP contribution < -0.4 is 5.32 Å². The first-order valence-electron chi connectivity index (χ1n) is 4.46. The number of hydrogen-bond acceptors (Lipinski definition) is 6. The Labute approximate surface area is 92.4 Å². The lowest BCUT2D eigenvalue weighted by molar-refractivity contribution is 0.0595. The highest BCUT2D eigenvalue weighted by atomic mass is 32.1. The number of methoxy groups -OCH3 is 2. The maximum Gasteiger partial charge on any atom is 0.357 e. The van der Waals surface area contributed by atoms with E-state index < -0.39 is 5.97 Å². The maximum absolute atomic E-state index is 11.1. The summed E-state index contributed by atoms with van der Waals surface area (Å²) in [5, 5.41) is 5.47. The lowest BCUT2D eigenvalue weighted by atomic mass is 10.4. The molecule has 0 fully saturated rings. The van der Waals surface area contributed by atoms with Gasteiger partial charge in [-0.05, 0) is 6.92 Å². The minimum atomic E-state index is -0.418. The Morgan fingerprint density at radius 3 is 3.00 bits per heavy atom. The second-order valence-electron chi connectivity index (χ2n) is 3.03. The number of hydrogen-bond donors (Lipinski definition) is 1. The third kappa shape index (κ3) is 3.49. The monoisotopic (exact) mass is 230 g/mol. The number of carbonyl (C=O) groups excluding carboxylic acids is 1. The summed E-state index contributed by atoms with van der Waals surface area (Å²) in [5.41, 5.74) is 0.328. The molecule has 0 bridgehead atoms. The van der Waals surface area contributed by atoms with E-state index in [1.54, 1.807) is 12.5 Å². The molecule has 1 atom stereocenters. The molecule has 0 spiro atoms. The largest absolute Gasteiger partial charge is 0.464 e. The van der Waals surface area contributed by atoms with Crippen molar-refractivity contribution in [1.82, 2.24) is 4.98 Å².